The van der Waals surface area contributed by atoms with Gasteiger partial charge < -0.3 is 9.47 Å². The first kappa shape index (κ1) is 28.8. The summed E-state index contributed by atoms with van der Waals surface area (Å²) in [5, 5.41) is 0. The highest BCUT2D eigenvalue weighted by Crippen LogP contribution is 2.37. The fourth-order valence-electron chi connectivity index (χ4n) is 4.16. The first-order chi connectivity index (χ1) is 17.2. The zero-order valence-corrected chi connectivity index (χ0v) is 23.2. The van der Waals surface area contributed by atoms with Crippen LogP contribution in [0.25, 0.3) is 11.3 Å². The summed E-state index contributed by atoms with van der Waals surface area (Å²) < 4.78 is 12.3. The second-order valence-electron chi connectivity index (χ2n) is 8.93. The molecule has 2 aromatic carbocycles. The molecule has 2 aromatic rings. The number of benzene rings is 2. The molecule has 0 radical (unpaired) electrons. The zero-order valence-electron chi connectivity index (χ0n) is 23.2. The van der Waals surface area contributed by atoms with Crippen LogP contribution in [0.15, 0.2) is 59.7 Å². The predicted octanol–water partition coefficient (Wildman–Crippen LogP) is 10.6. The molecule has 4 rings (SSSR count). The quantitative estimate of drug-likeness (QED) is 0.251. The Hall–Kier alpha value is -2.48. The van der Waals surface area contributed by atoms with Crippen molar-refractivity contribution in [1.82, 2.24) is 0 Å². The van der Waals surface area contributed by atoms with Crippen LogP contribution in [0.2, 0.25) is 0 Å². The van der Waals surface area contributed by atoms with Crippen LogP contribution in [-0.2, 0) is 0 Å². The van der Waals surface area contributed by atoms with Crippen molar-refractivity contribution < 1.29 is 9.47 Å². The summed E-state index contributed by atoms with van der Waals surface area (Å²) in [6.07, 6.45) is 12.3. The summed E-state index contributed by atoms with van der Waals surface area (Å²) in [6.45, 7) is 13.3. The van der Waals surface area contributed by atoms with Gasteiger partial charge in [0.2, 0.25) is 0 Å². The van der Waals surface area contributed by atoms with Crippen molar-refractivity contribution >= 4 is 11.3 Å². The SMILES string of the molecule is CC.CC.CCCCCCOc1ccc(C(Oc2ccc(C(C)=C3CCC3)cc2)=C2CCC2)cc1. The van der Waals surface area contributed by atoms with Gasteiger partial charge in [-0.1, -0.05) is 71.6 Å². The molecule has 2 fully saturated rings. The van der Waals surface area contributed by atoms with Gasteiger partial charge in [-0.15, -0.1) is 0 Å². The van der Waals surface area contributed by atoms with Gasteiger partial charge in [0.1, 0.15) is 17.3 Å². The molecule has 35 heavy (non-hydrogen) atoms. The zero-order chi connectivity index (χ0) is 25.5. The maximum absolute atomic E-state index is 6.43. The van der Waals surface area contributed by atoms with Gasteiger partial charge in [0.05, 0.1) is 6.61 Å². The van der Waals surface area contributed by atoms with Crippen LogP contribution in [0.4, 0.5) is 0 Å². The minimum Gasteiger partial charge on any atom is -0.494 e. The van der Waals surface area contributed by atoms with E-state index in [1.807, 2.05) is 27.7 Å². The molecule has 192 valence electrons. The van der Waals surface area contributed by atoms with Gasteiger partial charge in [-0.2, -0.15) is 0 Å². The van der Waals surface area contributed by atoms with Crippen LogP contribution >= 0.6 is 0 Å². The molecule has 0 aromatic heterocycles. The Labute approximate surface area is 215 Å². The molecule has 2 heteroatoms. The Morgan fingerprint density at radius 3 is 1.71 bits per heavy atom. The van der Waals surface area contributed by atoms with Crippen molar-refractivity contribution in [3.05, 3.63) is 70.8 Å². The number of unbranched alkanes of at least 4 members (excludes halogenated alkanes) is 3. The van der Waals surface area contributed by atoms with E-state index in [0.29, 0.717) is 0 Å². The largest absolute Gasteiger partial charge is 0.494 e. The third-order valence-corrected chi connectivity index (χ3v) is 6.66. The van der Waals surface area contributed by atoms with Crippen molar-refractivity contribution in [3.63, 3.8) is 0 Å². The molecule has 2 aliphatic rings. The highest BCUT2D eigenvalue weighted by atomic mass is 16.5. The highest BCUT2D eigenvalue weighted by Gasteiger charge is 2.19. The molecule has 0 amide bonds. The first-order valence-corrected chi connectivity index (χ1v) is 14.2. The maximum atomic E-state index is 6.43. The number of allylic oxidation sites excluding steroid dienone is 3. The molecule has 0 saturated heterocycles. The predicted molar refractivity (Wildman–Crippen MR) is 153 cm³/mol. The van der Waals surface area contributed by atoms with Gasteiger partial charge in [-0.25, -0.2) is 0 Å². The molecule has 0 spiro atoms. The Morgan fingerprint density at radius 2 is 1.20 bits per heavy atom. The Kier molecular flexibility index (Phi) is 13.3. The topological polar surface area (TPSA) is 18.5 Å². The Morgan fingerprint density at radius 1 is 0.657 bits per heavy atom. The van der Waals surface area contributed by atoms with E-state index < -0.39 is 0 Å². The van der Waals surface area contributed by atoms with Crippen LogP contribution in [0, 0.1) is 0 Å². The van der Waals surface area contributed by atoms with E-state index in [-0.39, 0.29) is 0 Å². The Balaban J connectivity index is 0.00000103. The normalized spacial score (nSPS) is 13.8. The molecule has 0 unspecified atom stereocenters. The van der Waals surface area contributed by atoms with E-state index in [1.165, 1.54) is 61.7 Å². The van der Waals surface area contributed by atoms with E-state index in [2.05, 4.69) is 62.4 Å². The lowest BCUT2D eigenvalue weighted by molar-refractivity contribution is 0.305. The van der Waals surface area contributed by atoms with Gasteiger partial charge >= 0.3 is 0 Å². The minimum absolute atomic E-state index is 0.797. The van der Waals surface area contributed by atoms with Crippen LogP contribution in [0.3, 0.4) is 0 Å². The van der Waals surface area contributed by atoms with Crippen LogP contribution in [0.1, 0.15) is 117 Å². The molecule has 0 aliphatic heterocycles. The molecule has 0 atom stereocenters. The number of ether oxygens (including phenoxy) is 2. The van der Waals surface area contributed by atoms with Crippen molar-refractivity contribution in [1.29, 1.82) is 0 Å². The lowest BCUT2D eigenvalue weighted by Crippen LogP contribution is -2.07. The molecule has 0 bridgehead atoms. The van der Waals surface area contributed by atoms with Crippen LogP contribution < -0.4 is 9.47 Å². The standard InChI is InChI=1S/C29H36O2.2C2H6/c1-3-4-5-6-21-30-27-17-15-26(16-18-27)29(25-11-8-12-25)31-28-19-13-24(14-20-28)22(2)23-9-7-10-23;2*1-2/h13-20H,3-12,21H2,1-2H3;2*1-2H3. The molecule has 2 aliphatic carbocycles. The summed E-state index contributed by atoms with van der Waals surface area (Å²) in [5.74, 6) is 2.89. The average molecular weight is 477 g/mol. The molecule has 2 saturated carbocycles. The Bertz CT molecular complexity index is 905. The number of hydrogen-bond donors (Lipinski definition) is 0. The third-order valence-electron chi connectivity index (χ3n) is 6.66. The van der Waals surface area contributed by atoms with E-state index in [9.17, 15) is 0 Å². The average Bonchev–Trinajstić information content (AvgIpc) is 2.85. The van der Waals surface area contributed by atoms with Crippen LogP contribution in [0.5, 0.6) is 11.5 Å². The van der Waals surface area contributed by atoms with E-state index >= 15 is 0 Å². The van der Waals surface area contributed by atoms with Gasteiger partial charge in [0.25, 0.3) is 0 Å². The van der Waals surface area contributed by atoms with E-state index in [0.717, 1.165) is 48.7 Å². The summed E-state index contributed by atoms with van der Waals surface area (Å²) in [5.41, 5.74) is 6.94. The fourth-order valence-corrected chi connectivity index (χ4v) is 4.16. The second-order valence-corrected chi connectivity index (χ2v) is 8.93. The summed E-state index contributed by atoms with van der Waals surface area (Å²) in [6, 6.07) is 17.1. The smallest absolute Gasteiger partial charge is 0.133 e. The van der Waals surface area contributed by atoms with E-state index in [1.54, 1.807) is 5.57 Å². The summed E-state index contributed by atoms with van der Waals surface area (Å²) >= 11 is 0. The maximum Gasteiger partial charge on any atom is 0.133 e. The number of rotatable bonds is 10. The summed E-state index contributed by atoms with van der Waals surface area (Å²) in [4.78, 5) is 0. The minimum atomic E-state index is 0.797. The van der Waals surface area contributed by atoms with Gasteiger partial charge in [-0.3, -0.25) is 0 Å². The molecular formula is C33H48O2. The molecule has 0 N–H and O–H groups in total. The molecule has 2 nitrogen and oxygen atoms in total. The van der Waals surface area contributed by atoms with Crippen molar-refractivity contribution in [3.8, 4) is 11.5 Å². The second kappa shape index (κ2) is 16.2. The molecule has 0 heterocycles. The number of hydrogen-bond acceptors (Lipinski definition) is 2. The monoisotopic (exact) mass is 476 g/mol. The van der Waals surface area contributed by atoms with E-state index in [4.69, 9.17) is 9.47 Å². The van der Waals surface area contributed by atoms with Crippen molar-refractivity contribution in [2.24, 2.45) is 0 Å². The summed E-state index contributed by atoms with van der Waals surface area (Å²) in [7, 11) is 0. The molecular weight excluding hydrogens is 428 g/mol. The van der Waals surface area contributed by atoms with Gasteiger partial charge in [-0.05, 0) is 105 Å². The highest BCUT2D eigenvalue weighted by molar-refractivity contribution is 5.70. The lowest BCUT2D eigenvalue weighted by Gasteiger charge is -2.23. The van der Waals surface area contributed by atoms with Crippen molar-refractivity contribution in [2.45, 2.75) is 106 Å². The third kappa shape index (κ3) is 8.60. The van der Waals surface area contributed by atoms with Gasteiger partial charge in [0, 0.05) is 5.56 Å². The lowest BCUT2D eigenvalue weighted by atomic mass is 9.86. The van der Waals surface area contributed by atoms with Gasteiger partial charge in [0.15, 0.2) is 0 Å². The fraction of sp³-hybridized carbons (Fsp3) is 0.515. The van der Waals surface area contributed by atoms with Crippen LogP contribution in [-0.4, -0.2) is 6.61 Å². The first-order valence-electron chi connectivity index (χ1n) is 14.2. The van der Waals surface area contributed by atoms with Crippen molar-refractivity contribution in [2.75, 3.05) is 6.61 Å².